The summed E-state index contributed by atoms with van der Waals surface area (Å²) in [4.78, 5) is 11.2. The predicted octanol–water partition coefficient (Wildman–Crippen LogP) is 0.804. The van der Waals surface area contributed by atoms with Gasteiger partial charge in [-0.15, -0.1) is 0 Å². The molecule has 0 saturated heterocycles. The van der Waals surface area contributed by atoms with Crippen molar-refractivity contribution in [2.24, 2.45) is 5.73 Å². The van der Waals surface area contributed by atoms with Crippen molar-refractivity contribution in [3.05, 3.63) is 5.56 Å². The van der Waals surface area contributed by atoms with Crippen LogP contribution in [0.25, 0.3) is 0 Å². The third kappa shape index (κ3) is 2.50. The molecule has 1 amide bonds. The summed E-state index contributed by atoms with van der Waals surface area (Å²) in [6.45, 7) is 0. The quantitative estimate of drug-likeness (QED) is 0.739. The van der Waals surface area contributed by atoms with Crippen LogP contribution < -0.4 is 16.8 Å². The Labute approximate surface area is 103 Å². The van der Waals surface area contributed by atoms with Crippen LogP contribution in [0.4, 0.5) is 10.8 Å². The van der Waals surface area contributed by atoms with Crippen molar-refractivity contribution in [2.75, 3.05) is 18.2 Å². The van der Waals surface area contributed by atoms with Crippen LogP contribution in [0, 0.1) is 0 Å². The number of hydrogen-bond acceptors (Lipinski definition) is 6. The van der Waals surface area contributed by atoms with Crippen LogP contribution in [0.2, 0.25) is 0 Å². The summed E-state index contributed by atoms with van der Waals surface area (Å²) in [5, 5.41) is 3.93. The fraction of sp³-hybridized carbons (Fsp3) is 0.600. The Morgan fingerprint density at radius 3 is 2.94 bits per heavy atom. The highest BCUT2D eigenvalue weighted by molar-refractivity contribution is 7.11. The molecule has 2 unspecified atom stereocenters. The first-order chi connectivity index (χ1) is 8.11. The van der Waals surface area contributed by atoms with Crippen molar-refractivity contribution in [2.45, 2.75) is 31.4 Å². The Hall–Kier alpha value is -1.34. The lowest BCUT2D eigenvalue weighted by molar-refractivity contribution is 0.100. The molecule has 0 aliphatic heterocycles. The second-order valence-corrected chi connectivity index (χ2v) is 4.92. The number of amides is 1. The minimum atomic E-state index is -0.542. The molecule has 0 bridgehead atoms. The normalized spacial score (nSPS) is 23.8. The SMILES string of the molecule is COC1CCC(Nc2snc(N)c2C(N)=O)C1. The van der Waals surface area contributed by atoms with Gasteiger partial charge in [-0.2, -0.15) is 4.37 Å². The Kier molecular flexibility index (Phi) is 3.49. The van der Waals surface area contributed by atoms with Crippen LogP contribution in [0.3, 0.4) is 0 Å². The summed E-state index contributed by atoms with van der Waals surface area (Å²) in [5.41, 5.74) is 11.2. The molecular weight excluding hydrogens is 240 g/mol. The third-order valence-corrected chi connectivity index (χ3v) is 3.81. The average Bonchev–Trinajstić information content (AvgIpc) is 2.86. The number of ether oxygens (including phenoxy) is 1. The molecule has 17 heavy (non-hydrogen) atoms. The highest BCUT2D eigenvalue weighted by Gasteiger charge is 2.26. The van der Waals surface area contributed by atoms with E-state index in [1.54, 1.807) is 7.11 Å². The van der Waals surface area contributed by atoms with Crippen molar-refractivity contribution in [1.29, 1.82) is 0 Å². The second kappa shape index (κ2) is 4.89. The van der Waals surface area contributed by atoms with E-state index in [9.17, 15) is 4.79 Å². The maximum absolute atomic E-state index is 11.2. The van der Waals surface area contributed by atoms with E-state index in [0.29, 0.717) is 10.6 Å². The van der Waals surface area contributed by atoms with E-state index >= 15 is 0 Å². The second-order valence-electron chi connectivity index (χ2n) is 4.15. The first-order valence-electron chi connectivity index (χ1n) is 5.46. The van der Waals surface area contributed by atoms with Gasteiger partial charge in [0.05, 0.1) is 6.10 Å². The van der Waals surface area contributed by atoms with Gasteiger partial charge in [-0.05, 0) is 30.8 Å². The summed E-state index contributed by atoms with van der Waals surface area (Å²) in [6.07, 6.45) is 3.24. The Morgan fingerprint density at radius 1 is 1.59 bits per heavy atom. The van der Waals surface area contributed by atoms with Gasteiger partial charge in [0.2, 0.25) is 0 Å². The number of nitrogens with zero attached hydrogens (tertiary/aromatic N) is 1. The molecule has 1 aromatic heterocycles. The minimum Gasteiger partial charge on any atom is -0.382 e. The molecule has 2 atom stereocenters. The number of nitrogens with two attached hydrogens (primary N) is 2. The first-order valence-corrected chi connectivity index (χ1v) is 6.23. The number of anilines is 2. The number of primary amides is 1. The molecule has 5 N–H and O–H groups in total. The predicted molar refractivity (Wildman–Crippen MR) is 67.1 cm³/mol. The summed E-state index contributed by atoms with van der Waals surface area (Å²) in [7, 11) is 1.71. The van der Waals surface area contributed by atoms with E-state index < -0.39 is 5.91 Å². The van der Waals surface area contributed by atoms with E-state index in [-0.39, 0.29) is 18.0 Å². The fourth-order valence-electron chi connectivity index (χ4n) is 2.11. The van der Waals surface area contributed by atoms with Gasteiger partial charge >= 0.3 is 0 Å². The molecule has 1 heterocycles. The molecule has 94 valence electrons. The van der Waals surface area contributed by atoms with Crippen molar-refractivity contribution >= 4 is 28.3 Å². The lowest BCUT2D eigenvalue weighted by atomic mass is 10.2. The van der Waals surface area contributed by atoms with E-state index in [1.165, 1.54) is 11.5 Å². The van der Waals surface area contributed by atoms with Crippen molar-refractivity contribution in [3.8, 4) is 0 Å². The number of nitrogen functional groups attached to an aromatic ring is 1. The first kappa shape index (κ1) is 12.1. The zero-order chi connectivity index (χ0) is 12.4. The van der Waals surface area contributed by atoms with Crippen LogP contribution >= 0.6 is 11.5 Å². The fourth-order valence-corrected chi connectivity index (χ4v) is 2.91. The van der Waals surface area contributed by atoms with Gasteiger partial charge in [-0.1, -0.05) is 0 Å². The number of methoxy groups -OCH3 is 1. The summed E-state index contributed by atoms with van der Waals surface area (Å²) < 4.78 is 9.24. The average molecular weight is 256 g/mol. The van der Waals surface area contributed by atoms with Gasteiger partial charge in [0.1, 0.15) is 10.6 Å². The van der Waals surface area contributed by atoms with Crippen LogP contribution in [0.1, 0.15) is 29.6 Å². The zero-order valence-corrected chi connectivity index (χ0v) is 10.4. The van der Waals surface area contributed by atoms with Crippen LogP contribution in [0.15, 0.2) is 0 Å². The molecule has 1 aliphatic carbocycles. The minimum absolute atomic E-state index is 0.200. The third-order valence-electron chi connectivity index (χ3n) is 3.02. The summed E-state index contributed by atoms with van der Waals surface area (Å²) in [5.74, 6) is -0.341. The monoisotopic (exact) mass is 256 g/mol. The summed E-state index contributed by atoms with van der Waals surface area (Å²) in [6, 6.07) is 0.290. The number of rotatable bonds is 4. The number of nitrogens with one attached hydrogen (secondary N) is 1. The molecule has 0 radical (unpaired) electrons. The van der Waals surface area contributed by atoms with Gasteiger partial charge in [0, 0.05) is 13.2 Å². The standard InChI is InChI=1S/C10H16N4O2S/c1-16-6-3-2-5(4-6)13-10-7(9(12)15)8(11)14-17-10/h5-6,13H,2-4H2,1H3,(H2,11,14)(H2,12,15). The molecule has 2 rings (SSSR count). The van der Waals surface area contributed by atoms with Gasteiger partial charge < -0.3 is 21.5 Å². The number of aromatic nitrogens is 1. The molecule has 1 aromatic rings. The van der Waals surface area contributed by atoms with Crippen LogP contribution in [-0.2, 0) is 4.74 Å². The van der Waals surface area contributed by atoms with E-state index in [4.69, 9.17) is 16.2 Å². The van der Waals surface area contributed by atoms with E-state index in [2.05, 4.69) is 9.69 Å². The zero-order valence-electron chi connectivity index (χ0n) is 9.60. The van der Waals surface area contributed by atoms with E-state index in [1.807, 2.05) is 0 Å². The van der Waals surface area contributed by atoms with Crippen molar-refractivity contribution in [3.63, 3.8) is 0 Å². The highest BCUT2D eigenvalue weighted by Crippen LogP contribution is 2.31. The number of hydrogen-bond donors (Lipinski definition) is 3. The lowest BCUT2D eigenvalue weighted by Gasteiger charge is -2.13. The maximum Gasteiger partial charge on any atom is 0.255 e. The molecule has 6 nitrogen and oxygen atoms in total. The van der Waals surface area contributed by atoms with Gasteiger partial charge in [0.25, 0.3) is 5.91 Å². The van der Waals surface area contributed by atoms with Gasteiger partial charge in [0.15, 0.2) is 5.82 Å². The number of carbonyl (C=O) groups is 1. The van der Waals surface area contributed by atoms with Gasteiger partial charge in [-0.3, -0.25) is 4.79 Å². The lowest BCUT2D eigenvalue weighted by Crippen LogP contribution is -2.20. The molecule has 1 aliphatic rings. The largest absolute Gasteiger partial charge is 0.382 e. The van der Waals surface area contributed by atoms with Crippen molar-refractivity contribution in [1.82, 2.24) is 4.37 Å². The van der Waals surface area contributed by atoms with Crippen LogP contribution in [0.5, 0.6) is 0 Å². The molecule has 1 fully saturated rings. The Balaban J connectivity index is 2.07. The topological polar surface area (TPSA) is 103 Å². The van der Waals surface area contributed by atoms with E-state index in [0.717, 1.165) is 19.3 Å². The molecule has 0 spiro atoms. The number of carbonyl (C=O) groups excluding carboxylic acids is 1. The van der Waals surface area contributed by atoms with Gasteiger partial charge in [-0.25, -0.2) is 0 Å². The summed E-state index contributed by atoms with van der Waals surface area (Å²) >= 11 is 1.17. The Bertz CT molecular complexity index is 420. The highest BCUT2D eigenvalue weighted by atomic mass is 32.1. The Morgan fingerprint density at radius 2 is 2.35 bits per heavy atom. The smallest absolute Gasteiger partial charge is 0.255 e. The maximum atomic E-state index is 11.2. The molecule has 7 heteroatoms. The molecule has 1 saturated carbocycles. The van der Waals surface area contributed by atoms with Crippen molar-refractivity contribution < 1.29 is 9.53 Å². The van der Waals surface area contributed by atoms with Crippen LogP contribution in [-0.4, -0.2) is 29.5 Å². The molecular formula is C10H16N4O2S. The molecule has 0 aromatic carbocycles.